The van der Waals surface area contributed by atoms with Gasteiger partial charge in [-0.15, -0.1) is 22.7 Å². The molecular formula is C13H18N2O2S3. The fourth-order valence-electron chi connectivity index (χ4n) is 1.95. The van der Waals surface area contributed by atoms with Crippen LogP contribution < -0.4 is 5.73 Å². The molecule has 0 radical (unpaired) electrons. The van der Waals surface area contributed by atoms with Crippen LogP contribution in [0.15, 0.2) is 28.5 Å². The number of nitrogens with two attached hydrogens (primary N) is 1. The molecule has 0 saturated carbocycles. The lowest BCUT2D eigenvalue weighted by Gasteiger charge is -2.23. The van der Waals surface area contributed by atoms with E-state index in [2.05, 4.69) is 0 Å². The van der Waals surface area contributed by atoms with E-state index in [0.29, 0.717) is 11.4 Å². The first-order valence-corrected chi connectivity index (χ1v) is 9.32. The van der Waals surface area contributed by atoms with Gasteiger partial charge < -0.3 is 5.73 Å². The Morgan fingerprint density at radius 3 is 2.65 bits per heavy atom. The van der Waals surface area contributed by atoms with Gasteiger partial charge in [-0.3, -0.25) is 0 Å². The molecule has 110 valence electrons. The van der Waals surface area contributed by atoms with E-state index in [0.717, 1.165) is 14.6 Å². The highest BCUT2D eigenvalue weighted by Gasteiger charge is 2.29. The highest BCUT2D eigenvalue weighted by Crippen LogP contribution is 2.32. The highest BCUT2D eigenvalue weighted by molar-refractivity contribution is 7.89. The molecule has 0 saturated heterocycles. The van der Waals surface area contributed by atoms with Crippen LogP contribution in [-0.2, 0) is 16.6 Å². The molecule has 2 aromatic rings. The summed E-state index contributed by atoms with van der Waals surface area (Å²) in [7, 11) is -1.87. The minimum absolute atomic E-state index is 0.180. The van der Waals surface area contributed by atoms with Gasteiger partial charge in [-0.25, -0.2) is 8.42 Å². The summed E-state index contributed by atoms with van der Waals surface area (Å²) in [5.74, 6) is 0. The van der Waals surface area contributed by atoms with Crippen LogP contribution in [0.3, 0.4) is 0 Å². The zero-order valence-corrected chi connectivity index (χ0v) is 14.1. The molecule has 0 amide bonds. The molecule has 0 aromatic carbocycles. The van der Waals surface area contributed by atoms with Crippen molar-refractivity contribution in [2.75, 3.05) is 7.05 Å². The quantitative estimate of drug-likeness (QED) is 0.917. The second-order valence-corrected chi connectivity index (χ2v) is 8.84. The Hall–Kier alpha value is -0.730. The number of hydrogen-bond donors (Lipinski definition) is 1. The second kappa shape index (κ2) is 5.95. The molecule has 2 N–H and O–H groups in total. The summed E-state index contributed by atoms with van der Waals surface area (Å²) >= 11 is 3.00. The molecule has 0 aliphatic heterocycles. The molecule has 4 nitrogen and oxygen atoms in total. The van der Waals surface area contributed by atoms with Gasteiger partial charge in [0.15, 0.2) is 0 Å². The maximum absolute atomic E-state index is 12.7. The Morgan fingerprint density at radius 1 is 1.45 bits per heavy atom. The Morgan fingerprint density at radius 2 is 2.15 bits per heavy atom. The molecule has 2 rings (SSSR count). The summed E-state index contributed by atoms with van der Waals surface area (Å²) in [6, 6.07) is 5.39. The highest BCUT2D eigenvalue weighted by atomic mass is 32.2. The van der Waals surface area contributed by atoms with Crippen LogP contribution in [-0.4, -0.2) is 19.8 Å². The summed E-state index contributed by atoms with van der Waals surface area (Å²) in [6.07, 6.45) is 0. The summed E-state index contributed by atoms with van der Waals surface area (Å²) in [6.45, 7) is 4.08. The van der Waals surface area contributed by atoms with E-state index < -0.39 is 10.0 Å². The molecule has 1 atom stereocenters. The largest absolute Gasteiger partial charge is 0.326 e. The van der Waals surface area contributed by atoms with Crippen molar-refractivity contribution in [1.82, 2.24) is 4.31 Å². The fourth-order valence-corrected chi connectivity index (χ4v) is 5.67. The Bertz CT molecular complexity index is 675. The lowest BCUT2D eigenvalue weighted by Crippen LogP contribution is -2.29. The first kappa shape index (κ1) is 15.7. The molecule has 0 spiro atoms. The van der Waals surface area contributed by atoms with Crippen LogP contribution >= 0.6 is 22.7 Å². The zero-order valence-electron chi connectivity index (χ0n) is 11.7. The van der Waals surface area contributed by atoms with Gasteiger partial charge in [-0.2, -0.15) is 4.31 Å². The van der Waals surface area contributed by atoms with Crippen molar-refractivity contribution >= 4 is 32.7 Å². The first-order chi connectivity index (χ1) is 9.37. The van der Waals surface area contributed by atoms with Crippen LogP contribution in [0.1, 0.15) is 27.6 Å². The smallest absolute Gasteiger partial charge is 0.244 e. The van der Waals surface area contributed by atoms with E-state index in [-0.39, 0.29) is 6.04 Å². The first-order valence-electron chi connectivity index (χ1n) is 6.18. The lowest BCUT2D eigenvalue weighted by atomic mass is 10.3. The molecule has 2 heterocycles. The third-order valence-electron chi connectivity index (χ3n) is 3.28. The van der Waals surface area contributed by atoms with E-state index in [1.165, 1.54) is 15.6 Å². The van der Waals surface area contributed by atoms with Gasteiger partial charge in [0.2, 0.25) is 10.0 Å². The third-order valence-corrected chi connectivity index (χ3v) is 7.58. The summed E-state index contributed by atoms with van der Waals surface area (Å²) in [5, 5.41) is 1.95. The van der Waals surface area contributed by atoms with Crippen LogP contribution in [0.4, 0.5) is 0 Å². The number of hydrogen-bond acceptors (Lipinski definition) is 5. The Balaban J connectivity index is 2.36. The van der Waals surface area contributed by atoms with Gasteiger partial charge >= 0.3 is 0 Å². The van der Waals surface area contributed by atoms with Crippen molar-refractivity contribution in [3.63, 3.8) is 0 Å². The lowest BCUT2D eigenvalue weighted by molar-refractivity contribution is 0.403. The summed E-state index contributed by atoms with van der Waals surface area (Å²) in [5.41, 5.74) is 5.59. The minimum atomic E-state index is -3.49. The molecule has 20 heavy (non-hydrogen) atoms. The standard InChI is InChI=1S/C13H18N2O2S3/c1-9(12-5-4-6-18-12)15(3)20(16,17)13-7-11(8-14)19-10(13)2/h4-7,9H,8,14H2,1-3H3. The monoisotopic (exact) mass is 330 g/mol. The molecular weight excluding hydrogens is 312 g/mol. The molecule has 0 aliphatic rings. The van der Waals surface area contributed by atoms with Crippen LogP contribution in [0.2, 0.25) is 0 Å². The average molecular weight is 330 g/mol. The number of nitrogens with zero attached hydrogens (tertiary/aromatic N) is 1. The third kappa shape index (κ3) is 2.82. The SMILES string of the molecule is Cc1sc(CN)cc1S(=O)(=O)N(C)C(C)c1cccs1. The van der Waals surface area contributed by atoms with Gasteiger partial charge in [-0.05, 0) is 31.4 Å². The predicted molar refractivity (Wildman–Crippen MR) is 84.6 cm³/mol. The van der Waals surface area contributed by atoms with Crippen molar-refractivity contribution in [2.45, 2.75) is 31.3 Å². The van der Waals surface area contributed by atoms with Crippen molar-refractivity contribution in [1.29, 1.82) is 0 Å². The summed E-state index contributed by atoms with van der Waals surface area (Å²) < 4.78 is 26.9. The second-order valence-electron chi connectivity index (χ2n) is 4.55. The number of thiophene rings is 2. The minimum Gasteiger partial charge on any atom is -0.326 e. The molecule has 0 fully saturated rings. The van der Waals surface area contributed by atoms with Gasteiger partial charge in [0.25, 0.3) is 0 Å². The maximum atomic E-state index is 12.7. The van der Waals surface area contributed by atoms with Crippen molar-refractivity contribution < 1.29 is 8.42 Å². The average Bonchev–Trinajstić information content (AvgIpc) is 3.05. The van der Waals surface area contributed by atoms with E-state index in [4.69, 9.17) is 5.73 Å². The fraction of sp³-hybridized carbons (Fsp3) is 0.385. The van der Waals surface area contributed by atoms with E-state index >= 15 is 0 Å². The molecule has 2 aromatic heterocycles. The Kier molecular flexibility index (Phi) is 4.66. The zero-order chi connectivity index (χ0) is 14.9. The van der Waals surface area contributed by atoms with E-state index in [9.17, 15) is 8.42 Å². The van der Waals surface area contributed by atoms with Crippen LogP contribution in [0, 0.1) is 6.92 Å². The topological polar surface area (TPSA) is 63.4 Å². The normalized spacial score (nSPS) is 13.8. The van der Waals surface area contributed by atoms with Gasteiger partial charge in [0.05, 0.1) is 10.9 Å². The molecule has 0 bridgehead atoms. The van der Waals surface area contributed by atoms with Crippen molar-refractivity contribution in [3.05, 3.63) is 38.2 Å². The number of sulfonamides is 1. The van der Waals surface area contributed by atoms with Gasteiger partial charge in [-0.1, -0.05) is 6.07 Å². The number of aryl methyl sites for hydroxylation is 1. The van der Waals surface area contributed by atoms with Crippen molar-refractivity contribution in [2.24, 2.45) is 5.73 Å². The maximum Gasteiger partial charge on any atom is 0.244 e. The Labute approximate surface area is 127 Å². The van der Waals surface area contributed by atoms with E-state index in [1.807, 2.05) is 31.4 Å². The molecule has 0 aliphatic carbocycles. The molecule has 1 unspecified atom stereocenters. The van der Waals surface area contributed by atoms with Gasteiger partial charge in [0.1, 0.15) is 0 Å². The van der Waals surface area contributed by atoms with Gasteiger partial charge in [0, 0.05) is 28.2 Å². The number of rotatable bonds is 5. The van der Waals surface area contributed by atoms with Crippen molar-refractivity contribution in [3.8, 4) is 0 Å². The van der Waals surface area contributed by atoms with Crippen LogP contribution in [0.5, 0.6) is 0 Å². The molecule has 7 heteroatoms. The van der Waals surface area contributed by atoms with E-state index in [1.54, 1.807) is 24.5 Å². The predicted octanol–water partition coefficient (Wildman–Crippen LogP) is 2.96. The summed E-state index contributed by atoms with van der Waals surface area (Å²) in [4.78, 5) is 3.07. The van der Waals surface area contributed by atoms with Crippen LogP contribution in [0.25, 0.3) is 0 Å².